The van der Waals surface area contributed by atoms with Crippen LogP contribution in [0.2, 0.25) is 0 Å². The van der Waals surface area contributed by atoms with E-state index in [2.05, 4.69) is 20.1 Å². The van der Waals surface area contributed by atoms with Crippen molar-refractivity contribution < 1.29 is 13.6 Å². The average Bonchev–Trinajstić information content (AvgIpc) is 3.40. The van der Waals surface area contributed by atoms with Gasteiger partial charge in [0.2, 0.25) is 5.89 Å². The zero-order chi connectivity index (χ0) is 18.6. The van der Waals surface area contributed by atoms with Gasteiger partial charge in [-0.1, -0.05) is 18.2 Å². The maximum absolute atomic E-state index is 13.8. The minimum absolute atomic E-state index is 0.146. The highest BCUT2D eigenvalue weighted by Gasteiger charge is 2.23. The second-order valence-electron chi connectivity index (χ2n) is 7.42. The molecule has 4 rings (SSSR count). The third-order valence-corrected chi connectivity index (χ3v) is 5.21. The van der Waals surface area contributed by atoms with Gasteiger partial charge in [0.15, 0.2) is 5.69 Å². The van der Waals surface area contributed by atoms with Gasteiger partial charge in [-0.25, -0.2) is 9.37 Å². The summed E-state index contributed by atoms with van der Waals surface area (Å²) in [5, 5.41) is 2.90. The summed E-state index contributed by atoms with van der Waals surface area (Å²) >= 11 is 0. The number of amides is 1. The van der Waals surface area contributed by atoms with Crippen molar-refractivity contribution in [3.8, 4) is 0 Å². The number of rotatable bonds is 7. The van der Waals surface area contributed by atoms with Gasteiger partial charge >= 0.3 is 0 Å². The van der Waals surface area contributed by atoms with E-state index in [4.69, 9.17) is 4.42 Å². The molecule has 0 atom stereocenters. The van der Waals surface area contributed by atoms with Crippen molar-refractivity contribution in [2.45, 2.75) is 25.9 Å². The lowest BCUT2D eigenvalue weighted by Crippen LogP contribution is -2.45. The number of carbonyl (C=O) groups excluding carboxylic acids is 1. The molecule has 0 bridgehead atoms. The molecule has 1 aliphatic carbocycles. The van der Waals surface area contributed by atoms with Crippen molar-refractivity contribution in [2.75, 3.05) is 32.7 Å². The molecule has 144 valence electrons. The van der Waals surface area contributed by atoms with Gasteiger partial charge in [-0.2, -0.15) is 0 Å². The molecule has 6 nitrogen and oxygen atoms in total. The van der Waals surface area contributed by atoms with E-state index in [0.717, 1.165) is 38.3 Å². The van der Waals surface area contributed by atoms with Crippen molar-refractivity contribution in [3.05, 3.63) is 53.5 Å². The molecule has 1 aliphatic heterocycles. The molecule has 2 heterocycles. The van der Waals surface area contributed by atoms with Crippen molar-refractivity contribution >= 4 is 5.91 Å². The Hall–Kier alpha value is -2.25. The summed E-state index contributed by atoms with van der Waals surface area (Å²) in [4.78, 5) is 20.9. The number of halogens is 1. The number of aromatic nitrogens is 1. The minimum Gasteiger partial charge on any atom is -0.447 e. The quantitative estimate of drug-likeness (QED) is 0.808. The Kier molecular flexibility index (Phi) is 5.50. The largest absolute Gasteiger partial charge is 0.447 e. The highest BCUT2D eigenvalue weighted by Crippen LogP contribution is 2.27. The predicted molar refractivity (Wildman–Crippen MR) is 98.5 cm³/mol. The number of piperazine rings is 1. The summed E-state index contributed by atoms with van der Waals surface area (Å²) in [5.41, 5.74) is 1.09. The number of hydrogen-bond acceptors (Lipinski definition) is 5. The average molecular weight is 372 g/mol. The Bertz CT molecular complexity index is 782. The van der Waals surface area contributed by atoms with E-state index < -0.39 is 0 Å². The van der Waals surface area contributed by atoms with Crippen LogP contribution in [-0.2, 0) is 13.1 Å². The maximum Gasteiger partial charge on any atom is 0.273 e. The normalized spacial score (nSPS) is 18.6. The lowest BCUT2D eigenvalue weighted by molar-refractivity contribution is 0.0946. The first-order valence-electron chi connectivity index (χ1n) is 9.58. The number of carbonyl (C=O) groups is 1. The third kappa shape index (κ3) is 4.93. The summed E-state index contributed by atoms with van der Waals surface area (Å²) in [6, 6.07) is 6.93. The van der Waals surface area contributed by atoms with Crippen LogP contribution in [0.4, 0.5) is 4.39 Å². The highest BCUT2D eigenvalue weighted by atomic mass is 19.1. The molecule has 7 heteroatoms. The summed E-state index contributed by atoms with van der Waals surface area (Å²) < 4.78 is 19.3. The SMILES string of the molecule is O=C(NCC1CC1)c1coc(CN2CCN(Cc3ccccc3F)CC2)n1. The van der Waals surface area contributed by atoms with Gasteiger partial charge in [0, 0.05) is 44.8 Å². The lowest BCUT2D eigenvalue weighted by Gasteiger charge is -2.34. The maximum atomic E-state index is 13.8. The predicted octanol–water partition coefficient (Wildman–Crippen LogP) is 2.27. The Morgan fingerprint density at radius 3 is 2.56 bits per heavy atom. The number of oxazole rings is 1. The van der Waals surface area contributed by atoms with Gasteiger partial charge in [0.25, 0.3) is 5.91 Å². The van der Waals surface area contributed by atoms with Gasteiger partial charge in [-0.05, 0) is 24.8 Å². The number of hydrogen-bond donors (Lipinski definition) is 1. The number of benzene rings is 1. The minimum atomic E-state index is -0.161. The molecular weight excluding hydrogens is 347 g/mol. The van der Waals surface area contributed by atoms with E-state index in [1.54, 1.807) is 6.07 Å². The second-order valence-corrected chi connectivity index (χ2v) is 7.42. The van der Waals surface area contributed by atoms with Crippen molar-refractivity contribution in [1.82, 2.24) is 20.1 Å². The van der Waals surface area contributed by atoms with E-state index in [0.29, 0.717) is 30.6 Å². The van der Waals surface area contributed by atoms with Crippen LogP contribution in [-0.4, -0.2) is 53.4 Å². The third-order valence-electron chi connectivity index (χ3n) is 5.21. The Balaban J connectivity index is 1.23. The van der Waals surface area contributed by atoms with Crippen LogP contribution >= 0.6 is 0 Å². The Morgan fingerprint density at radius 1 is 1.15 bits per heavy atom. The standard InChI is InChI=1S/C20H25FN4O2/c21-17-4-2-1-3-16(17)12-24-7-9-25(10-8-24)13-19-23-18(14-27-19)20(26)22-11-15-5-6-15/h1-4,14-15H,5-13H2,(H,22,26). The smallest absolute Gasteiger partial charge is 0.273 e. The molecule has 1 saturated heterocycles. The first kappa shape index (κ1) is 18.1. The van der Waals surface area contributed by atoms with E-state index in [1.165, 1.54) is 25.2 Å². The molecule has 1 N–H and O–H groups in total. The first-order valence-corrected chi connectivity index (χ1v) is 9.58. The van der Waals surface area contributed by atoms with Crippen LogP contribution in [0, 0.1) is 11.7 Å². The number of nitrogens with one attached hydrogen (secondary N) is 1. The van der Waals surface area contributed by atoms with Crippen LogP contribution < -0.4 is 5.32 Å². The molecule has 1 aromatic heterocycles. The monoisotopic (exact) mass is 372 g/mol. The van der Waals surface area contributed by atoms with E-state index in [-0.39, 0.29) is 11.7 Å². The van der Waals surface area contributed by atoms with Crippen LogP contribution in [0.15, 0.2) is 34.9 Å². The molecule has 0 radical (unpaired) electrons. The summed E-state index contributed by atoms with van der Waals surface area (Å²) in [6.45, 7) is 5.40. The van der Waals surface area contributed by atoms with Gasteiger partial charge < -0.3 is 9.73 Å². The number of nitrogens with zero attached hydrogens (tertiary/aromatic N) is 3. The van der Waals surface area contributed by atoms with Crippen LogP contribution in [0.1, 0.15) is 34.8 Å². The molecule has 27 heavy (non-hydrogen) atoms. The summed E-state index contributed by atoms with van der Waals surface area (Å²) in [7, 11) is 0. The molecule has 2 aliphatic rings. The zero-order valence-electron chi connectivity index (χ0n) is 15.4. The van der Waals surface area contributed by atoms with Gasteiger partial charge in [0.05, 0.1) is 6.54 Å². The van der Waals surface area contributed by atoms with Crippen LogP contribution in [0.5, 0.6) is 0 Å². The molecule has 0 unspecified atom stereocenters. The zero-order valence-corrected chi connectivity index (χ0v) is 15.4. The van der Waals surface area contributed by atoms with Gasteiger partial charge in [-0.3, -0.25) is 14.6 Å². The molecule has 2 aromatic rings. The van der Waals surface area contributed by atoms with E-state index in [1.807, 2.05) is 12.1 Å². The van der Waals surface area contributed by atoms with Crippen LogP contribution in [0.25, 0.3) is 0 Å². The van der Waals surface area contributed by atoms with Crippen LogP contribution in [0.3, 0.4) is 0 Å². The molecular formula is C20H25FN4O2. The lowest BCUT2D eigenvalue weighted by atomic mass is 10.2. The van der Waals surface area contributed by atoms with Crippen molar-refractivity contribution in [3.63, 3.8) is 0 Å². The van der Waals surface area contributed by atoms with E-state index >= 15 is 0 Å². The van der Waals surface area contributed by atoms with Gasteiger partial charge in [0.1, 0.15) is 12.1 Å². The molecule has 0 spiro atoms. The highest BCUT2D eigenvalue weighted by molar-refractivity contribution is 5.91. The summed E-state index contributed by atoms with van der Waals surface area (Å²) in [5.74, 6) is 0.897. The van der Waals surface area contributed by atoms with Crippen molar-refractivity contribution in [2.24, 2.45) is 5.92 Å². The Morgan fingerprint density at radius 2 is 1.85 bits per heavy atom. The van der Waals surface area contributed by atoms with E-state index in [9.17, 15) is 9.18 Å². The first-order chi connectivity index (χ1) is 13.2. The fourth-order valence-electron chi connectivity index (χ4n) is 3.30. The molecule has 1 saturated carbocycles. The second kappa shape index (κ2) is 8.19. The summed E-state index contributed by atoms with van der Waals surface area (Å²) in [6.07, 6.45) is 3.84. The fraction of sp³-hybridized carbons (Fsp3) is 0.500. The van der Waals surface area contributed by atoms with Crippen molar-refractivity contribution in [1.29, 1.82) is 0 Å². The fourth-order valence-corrected chi connectivity index (χ4v) is 3.30. The topological polar surface area (TPSA) is 61.6 Å². The van der Waals surface area contributed by atoms with Gasteiger partial charge in [-0.15, -0.1) is 0 Å². The molecule has 2 fully saturated rings. The molecule has 1 amide bonds. The Labute approximate surface area is 158 Å². The molecule has 1 aromatic carbocycles.